The van der Waals surface area contributed by atoms with E-state index < -0.39 is 0 Å². The summed E-state index contributed by atoms with van der Waals surface area (Å²) in [7, 11) is 1.72. The Bertz CT molecular complexity index is 243. The topological polar surface area (TPSA) is 30.5 Å². The van der Waals surface area contributed by atoms with Crippen LogP contribution in [0.3, 0.4) is 0 Å². The summed E-state index contributed by atoms with van der Waals surface area (Å²) < 4.78 is 10.6. The third-order valence-corrected chi connectivity index (χ3v) is 4.63. The smallest absolute Gasteiger partial charge is 0.0700 e. The van der Waals surface area contributed by atoms with Gasteiger partial charge in [0.05, 0.1) is 13.2 Å². The highest BCUT2D eigenvalue weighted by molar-refractivity contribution is 4.85. The van der Waals surface area contributed by atoms with E-state index in [9.17, 15) is 0 Å². The van der Waals surface area contributed by atoms with Crippen LogP contribution in [0.4, 0.5) is 0 Å². The molecule has 0 aromatic rings. The third-order valence-electron chi connectivity index (χ3n) is 4.63. The summed E-state index contributed by atoms with van der Waals surface area (Å²) in [5.41, 5.74) is 0.532. The monoisotopic (exact) mass is 285 g/mol. The van der Waals surface area contributed by atoms with E-state index in [0.717, 1.165) is 31.6 Å². The van der Waals surface area contributed by atoms with Crippen molar-refractivity contribution < 1.29 is 9.47 Å². The molecule has 0 saturated heterocycles. The zero-order valence-corrected chi connectivity index (χ0v) is 14.0. The fourth-order valence-electron chi connectivity index (χ4n) is 3.42. The summed E-state index contributed by atoms with van der Waals surface area (Å²) in [5, 5.41) is 3.55. The van der Waals surface area contributed by atoms with Gasteiger partial charge in [-0.25, -0.2) is 0 Å². The first-order chi connectivity index (χ1) is 9.59. The van der Waals surface area contributed by atoms with Gasteiger partial charge in [0, 0.05) is 13.7 Å². The first kappa shape index (κ1) is 17.9. The molecule has 1 aliphatic carbocycles. The first-order valence-corrected chi connectivity index (χ1v) is 8.36. The molecule has 1 saturated carbocycles. The second-order valence-corrected chi connectivity index (χ2v) is 6.98. The molecule has 0 heterocycles. The second kappa shape index (κ2) is 9.75. The largest absolute Gasteiger partial charge is 0.382 e. The van der Waals surface area contributed by atoms with Crippen molar-refractivity contribution in [2.75, 3.05) is 40.0 Å². The molecule has 0 aliphatic heterocycles. The number of rotatable bonds is 10. The lowest BCUT2D eigenvalue weighted by molar-refractivity contribution is 0.0582. The molecule has 1 fully saturated rings. The fourth-order valence-corrected chi connectivity index (χ4v) is 3.42. The van der Waals surface area contributed by atoms with E-state index in [0.29, 0.717) is 12.0 Å². The Morgan fingerprint density at radius 2 is 1.95 bits per heavy atom. The van der Waals surface area contributed by atoms with Gasteiger partial charge in [-0.15, -0.1) is 0 Å². The molecular weight excluding hydrogens is 250 g/mol. The van der Waals surface area contributed by atoms with E-state index in [1.807, 2.05) is 0 Å². The van der Waals surface area contributed by atoms with E-state index in [2.05, 4.69) is 26.1 Å². The summed E-state index contributed by atoms with van der Waals surface area (Å²) in [6.45, 7) is 11.7. The van der Waals surface area contributed by atoms with Crippen LogP contribution in [-0.2, 0) is 9.47 Å². The van der Waals surface area contributed by atoms with Gasteiger partial charge in [-0.2, -0.15) is 0 Å². The predicted octanol–water partition coefficient (Wildman–Crippen LogP) is 3.48. The van der Waals surface area contributed by atoms with Gasteiger partial charge in [-0.3, -0.25) is 0 Å². The minimum atomic E-state index is 0.532. The van der Waals surface area contributed by atoms with Crippen molar-refractivity contribution in [3.8, 4) is 0 Å². The quantitative estimate of drug-likeness (QED) is 0.623. The Morgan fingerprint density at radius 3 is 2.65 bits per heavy atom. The van der Waals surface area contributed by atoms with Crippen LogP contribution in [0.1, 0.15) is 52.9 Å². The lowest BCUT2D eigenvalue weighted by Gasteiger charge is -2.41. The molecule has 1 N–H and O–H groups in total. The number of nitrogens with one attached hydrogen (secondary N) is 1. The fraction of sp³-hybridized carbons (Fsp3) is 1.00. The highest BCUT2D eigenvalue weighted by Crippen LogP contribution is 2.43. The average Bonchev–Trinajstić information content (AvgIpc) is 2.41. The molecule has 0 radical (unpaired) electrons. The SMILES string of the molecule is CCNCC1CCC(C)(C)CC1CCCOCCOC. The number of hydrogen-bond donors (Lipinski definition) is 1. The van der Waals surface area contributed by atoms with Gasteiger partial charge in [0.2, 0.25) is 0 Å². The molecule has 1 rings (SSSR count). The van der Waals surface area contributed by atoms with E-state index in [1.165, 1.54) is 38.6 Å². The molecule has 0 amide bonds. The van der Waals surface area contributed by atoms with Crippen molar-refractivity contribution in [3.05, 3.63) is 0 Å². The van der Waals surface area contributed by atoms with Gasteiger partial charge in [0.15, 0.2) is 0 Å². The van der Waals surface area contributed by atoms with Gasteiger partial charge in [0.25, 0.3) is 0 Å². The molecule has 0 aromatic heterocycles. The molecule has 2 unspecified atom stereocenters. The Balaban J connectivity index is 2.28. The maximum Gasteiger partial charge on any atom is 0.0700 e. The average molecular weight is 285 g/mol. The number of hydrogen-bond acceptors (Lipinski definition) is 3. The minimum Gasteiger partial charge on any atom is -0.382 e. The third kappa shape index (κ3) is 7.05. The molecule has 0 spiro atoms. The highest BCUT2D eigenvalue weighted by atomic mass is 16.5. The van der Waals surface area contributed by atoms with Gasteiger partial charge >= 0.3 is 0 Å². The van der Waals surface area contributed by atoms with Crippen molar-refractivity contribution >= 4 is 0 Å². The van der Waals surface area contributed by atoms with Gasteiger partial charge in [-0.1, -0.05) is 20.8 Å². The van der Waals surface area contributed by atoms with Crippen LogP contribution in [-0.4, -0.2) is 40.0 Å². The molecule has 3 heteroatoms. The summed E-state index contributed by atoms with van der Waals surface area (Å²) >= 11 is 0. The second-order valence-electron chi connectivity index (χ2n) is 6.98. The lowest BCUT2D eigenvalue weighted by Crippen LogP contribution is -2.36. The Hall–Kier alpha value is -0.120. The number of ether oxygens (including phenoxy) is 2. The van der Waals surface area contributed by atoms with Crippen molar-refractivity contribution in [2.24, 2.45) is 17.3 Å². The van der Waals surface area contributed by atoms with E-state index in [4.69, 9.17) is 9.47 Å². The van der Waals surface area contributed by atoms with E-state index >= 15 is 0 Å². The van der Waals surface area contributed by atoms with Gasteiger partial charge in [0.1, 0.15) is 0 Å². The van der Waals surface area contributed by atoms with E-state index in [1.54, 1.807) is 7.11 Å². The van der Waals surface area contributed by atoms with Crippen LogP contribution in [0.25, 0.3) is 0 Å². The van der Waals surface area contributed by atoms with Crippen molar-refractivity contribution in [3.63, 3.8) is 0 Å². The van der Waals surface area contributed by atoms with Crippen LogP contribution >= 0.6 is 0 Å². The molecule has 2 atom stereocenters. The Labute approximate surface area is 125 Å². The molecular formula is C17H35NO2. The van der Waals surface area contributed by atoms with Crippen LogP contribution in [0, 0.1) is 17.3 Å². The maximum absolute atomic E-state index is 5.59. The lowest BCUT2D eigenvalue weighted by atomic mass is 9.66. The van der Waals surface area contributed by atoms with E-state index in [-0.39, 0.29) is 0 Å². The van der Waals surface area contributed by atoms with Gasteiger partial charge in [-0.05, 0) is 62.4 Å². The summed E-state index contributed by atoms with van der Waals surface area (Å²) in [6, 6.07) is 0. The summed E-state index contributed by atoms with van der Waals surface area (Å²) in [4.78, 5) is 0. The van der Waals surface area contributed by atoms with Crippen molar-refractivity contribution in [1.29, 1.82) is 0 Å². The molecule has 20 heavy (non-hydrogen) atoms. The summed E-state index contributed by atoms with van der Waals surface area (Å²) in [5.74, 6) is 1.73. The molecule has 3 nitrogen and oxygen atoms in total. The minimum absolute atomic E-state index is 0.532. The zero-order chi connectivity index (χ0) is 14.8. The summed E-state index contributed by atoms with van der Waals surface area (Å²) in [6.07, 6.45) is 6.64. The van der Waals surface area contributed by atoms with Crippen LogP contribution in [0.5, 0.6) is 0 Å². The highest BCUT2D eigenvalue weighted by Gasteiger charge is 2.33. The standard InChI is InChI=1S/C17H35NO2/c1-5-18-14-16-8-9-17(2,3)13-15(16)7-6-10-20-12-11-19-4/h15-16,18H,5-14H2,1-4H3. The molecule has 1 aliphatic rings. The predicted molar refractivity (Wildman–Crippen MR) is 85.1 cm³/mol. The zero-order valence-electron chi connectivity index (χ0n) is 14.0. The van der Waals surface area contributed by atoms with Crippen molar-refractivity contribution in [2.45, 2.75) is 52.9 Å². The Morgan fingerprint density at radius 1 is 1.15 bits per heavy atom. The normalized spacial score (nSPS) is 25.8. The van der Waals surface area contributed by atoms with Crippen LogP contribution in [0.15, 0.2) is 0 Å². The Kier molecular flexibility index (Phi) is 8.74. The van der Waals surface area contributed by atoms with Gasteiger partial charge < -0.3 is 14.8 Å². The maximum atomic E-state index is 5.59. The number of methoxy groups -OCH3 is 1. The molecule has 120 valence electrons. The first-order valence-electron chi connectivity index (χ1n) is 8.36. The van der Waals surface area contributed by atoms with Crippen molar-refractivity contribution in [1.82, 2.24) is 5.32 Å². The van der Waals surface area contributed by atoms with Crippen LogP contribution < -0.4 is 5.32 Å². The molecule has 0 bridgehead atoms. The van der Waals surface area contributed by atoms with Crippen LogP contribution in [0.2, 0.25) is 0 Å². The molecule has 0 aromatic carbocycles.